The number of nitrogens with one attached hydrogen (secondary N) is 1. The average molecular weight is 537 g/mol. The van der Waals surface area contributed by atoms with Crippen LogP contribution in [0.4, 0.5) is 10.5 Å². The molecule has 0 aliphatic carbocycles. The molecule has 1 aliphatic rings. The standard InChI is InChI=1S/C27H21ClN2O6S/c1-35-26(33)21-14-19(9-12-22(21)28)29-24(31)15-30-25(32)23(37-27(30)34)13-17-7-10-20(11-8-17)36-16-18-5-3-2-4-6-18/h2-14H,15-16H2,1H3,(H,29,31)/b23-13+. The van der Waals surface area contributed by atoms with E-state index >= 15 is 0 Å². The number of methoxy groups -OCH3 is 1. The summed E-state index contributed by atoms with van der Waals surface area (Å²) in [5, 5.41) is 2.17. The minimum atomic E-state index is -0.659. The van der Waals surface area contributed by atoms with Crippen molar-refractivity contribution in [3.8, 4) is 5.75 Å². The zero-order valence-corrected chi connectivity index (χ0v) is 21.2. The van der Waals surface area contributed by atoms with Crippen molar-refractivity contribution in [2.24, 2.45) is 0 Å². The van der Waals surface area contributed by atoms with Crippen LogP contribution in [0.5, 0.6) is 5.75 Å². The highest BCUT2D eigenvalue weighted by Crippen LogP contribution is 2.32. The van der Waals surface area contributed by atoms with Crippen LogP contribution in [-0.4, -0.2) is 41.6 Å². The van der Waals surface area contributed by atoms with Crippen LogP contribution in [0.2, 0.25) is 5.02 Å². The molecule has 0 unspecified atom stereocenters. The van der Waals surface area contributed by atoms with Crippen LogP contribution < -0.4 is 10.1 Å². The SMILES string of the molecule is COC(=O)c1cc(NC(=O)CN2C(=O)S/C(=C/c3ccc(OCc4ccccc4)cc3)C2=O)ccc1Cl. The molecule has 10 heteroatoms. The lowest BCUT2D eigenvalue weighted by Crippen LogP contribution is -2.36. The van der Waals surface area contributed by atoms with Gasteiger partial charge in [-0.25, -0.2) is 4.79 Å². The van der Waals surface area contributed by atoms with Gasteiger partial charge in [-0.1, -0.05) is 54.1 Å². The Balaban J connectivity index is 1.36. The molecule has 1 fully saturated rings. The zero-order chi connectivity index (χ0) is 26.4. The number of benzene rings is 3. The summed E-state index contributed by atoms with van der Waals surface area (Å²) in [5.41, 5.74) is 2.10. The number of anilines is 1. The van der Waals surface area contributed by atoms with Crippen molar-refractivity contribution in [1.82, 2.24) is 4.90 Å². The molecule has 0 spiro atoms. The van der Waals surface area contributed by atoms with Crippen molar-refractivity contribution in [3.05, 3.63) is 99.4 Å². The third-order valence-electron chi connectivity index (χ3n) is 5.26. The van der Waals surface area contributed by atoms with Crippen LogP contribution in [0.1, 0.15) is 21.5 Å². The van der Waals surface area contributed by atoms with Gasteiger partial charge in [0.25, 0.3) is 11.1 Å². The van der Waals surface area contributed by atoms with Gasteiger partial charge in [0, 0.05) is 5.69 Å². The molecule has 3 aromatic carbocycles. The first-order valence-corrected chi connectivity index (χ1v) is 12.2. The first kappa shape index (κ1) is 26.0. The molecular formula is C27H21ClN2O6S. The molecule has 0 bridgehead atoms. The Labute approximate surface area is 222 Å². The molecule has 1 N–H and O–H groups in total. The quantitative estimate of drug-likeness (QED) is 0.304. The smallest absolute Gasteiger partial charge is 0.339 e. The lowest BCUT2D eigenvalue weighted by molar-refractivity contribution is -0.127. The van der Waals surface area contributed by atoms with E-state index in [0.717, 1.165) is 22.2 Å². The Morgan fingerprint density at radius 1 is 1.03 bits per heavy atom. The van der Waals surface area contributed by atoms with Crippen molar-refractivity contribution in [3.63, 3.8) is 0 Å². The first-order chi connectivity index (χ1) is 17.8. The van der Waals surface area contributed by atoms with Gasteiger partial charge < -0.3 is 14.8 Å². The fourth-order valence-electron chi connectivity index (χ4n) is 3.40. The normalized spacial score (nSPS) is 14.1. The fraction of sp³-hybridized carbons (Fsp3) is 0.111. The van der Waals surface area contributed by atoms with E-state index in [0.29, 0.717) is 17.9 Å². The van der Waals surface area contributed by atoms with Gasteiger partial charge in [0.2, 0.25) is 5.91 Å². The number of hydrogen-bond acceptors (Lipinski definition) is 7. The molecule has 1 aliphatic heterocycles. The highest BCUT2D eigenvalue weighted by atomic mass is 35.5. The van der Waals surface area contributed by atoms with E-state index in [1.165, 1.54) is 25.3 Å². The zero-order valence-electron chi connectivity index (χ0n) is 19.6. The van der Waals surface area contributed by atoms with Gasteiger partial charge in [-0.3, -0.25) is 19.3 Å². The molecule has 37 heavy (non-hydrogen) atoms. The van der Waals surface area contributed by atoms with Crippen LogP contribution >= 0.6 is 23.4 Å². The number of esters is 1. The molecular weight excluding hydrogens is 516 g/mol. The summed E-state index contributed by atoms with van der Waals surface area (Å²) < 4.78 is 10.4. The van der Waals surface area contributed by atoms with Crippen LogP contribution in [0, 0.1) is 0 Å². The van der Waals surface area contributed by atoms with Crippen molar-refractivity contribution >= 4 is 58.1 Å². The molecule has 0 radical (unpaired) electrons. The maximum Gasteiger partial charge on any atom is 0.339 e. The lowest BCUT2D eigenvalue weighted by atomic mass is 10.2. The van der Waals surface area contributed by atoms with Gasteiger partial charge in [0.15, 0.2) is 0 Å². The van der Waals surface area contributed by atoms with E-state index in [-0.39, 0.29) is 21.2 Å². The van der Waals surface area contributed by atoms with Crippen LogP contribution in [-0.2, 0) is 20.9 Å². The van der Waals surface area contributed by atoms with Crippen molar-refractivity contribution in [1.29, 1.82) is 0 Å². The van der Waals surface area contributed by atoms with E-state index < -0.39 is 29.6 Å². The molecule has 188 valence electrons. The van der Waals surface area contributed by atoms with Gasteiger partial charge in [0.1, 0.15) is 18.9 Å². The summed E-state index contributed by atoms with van der Waals surface area (Å²) >= 11 is 6.74. The van der Waals surface area contributed by atoms with Crippen LogP contribution in [0.15, 0.2) is 77.7 Å². The van der Waals surface area contributed by atoms with Gasteiger partial charge >= 0.3 is 5.97 Å². The number of thioether (sulfide) groups is 1. The second-order valence-electron chi connectivity index (χ2n) is 7.85. The fourth-order valence-corrected chi connectivity index (χ4v) is 4.44. The number of rotatable bonds is 8. The van der Waals surface area contributed by atoms with E-state index in [9.17, 15) is 19.2 Å². The van der Waals surface area contributed by atoms with E-state index in [1.54, 1.807) is 30.3 Å². The van der Waals surface area contributed by atoms with Crippen LogP contribution in [0.3, 0.4) is 0 Å². The predicted octanol–water partition coefficient (Wildman–Crippen LogP) is 5.38. The van der Waals surface area contributed by atoms with Crippen molar-refractivity contribution in [2.75, 3.05) is 19.0 Å². The molecule has 4 rings (SSSR count). The number of amides is 3. The van der Waals surface area contributed by atoms with Gasteiger partial charge in [-0.2, -0.15) is 0 Å². The molecule has 3 amide bonds. The maximum absolute atomic E-state index is 12.8. The maximum atomic E-state index is 12.8. The Bertz CT molecular complexity index is 1380. The molecule has 0 aromatic heterocycles. The van der Waals surface area contributed by atoms with E-state index in [4.69, 9.17) is 16.3 Å². The van der Waals surface area contributed by atoms with E-state index in [2.05, 4.69) is 10.1 Å². The van der Waals surface area contributed by atoms with Gasteiger partial charge in [-0.05, 0) is 59.3 Å². The van der Waals surface area contributed by atoms with Crippen molar-refractivity contribution < 1.29 is 28.7 Å². The summed E-state index contributed by atoms with van der Waals surface area (Å²) in [5.74, 6) is -1.17. The molecule has 8 nitrogen and oxygen atoms in total. The number of carbonyl (C=O) groups is 4. The summed E-state index contributed by atoms with van der Waals surface area (Å²) in [6.45, 7) is -0.0500. The monoisotopic (exact) mass is 536 g/mol. The number of nitrogens with zero attached hydrogens (tertiary/aromatic N) is 1. The molecule has 1 heterocycles. The molecule has 0 atom stereocenters. The lowest BCUT2D eigenvalue weighted by Gasteiger charge is -2.13. The van der Waals surface area contributed by atoms with Gasteiger partial charge in [-0.15, -0.1) is 0 Å². The minimum Gasteiger partial charge on any atom is -0.489 e. The van der Waals surface area contributed by atoms with Crippen LogP contribution in [0.25, 0.3) is 6.08 Å². The number of ether oxygens (including phenoxy) is 2. The first-order valence-electron chi connectivity index (χ1n) is 11.0. The summed E-state index contributed by atoms with van der Waals surface area (Å²) in [4.78, 5) is 50.6. The Kier molecular flexibility index (Phi) is 8.27. The number of halogens is 1. The van der Waals surface area contributed by atoms with Crippen molar-refractivity contribution in [2.45, 2.75) is 6.61 Å². The molecule has 1 saturated heterocycles. The predicted molar refractivity (Wildman–Crippen MR) is 141 cm³/mol. The van der Waals surface area contributed by atoms with Gasteiger partial charge in [0.05, 0.1) is 22.6 Å². The summed E-state index contributed by atoms with van der Waals surface area (Å²) in [6, 6.07) is 21.2. The summed E-state index contributed by atoms with van der Waals surface area (Å²) in [7, 11) is 1.21. The summed E-state index contributed by atoms with van der Waals surface area (Å²) in [6.07, 6.45) is 1.59. The number of imide groups is 1. The number of carbonyl (C=O) groups excluding carboxylic acids is 4. The molecule has 3 aromatic rings. The average Bonchev–Trinajstić information content (AvgIpc) is 3.16. The Morgan fingerprint density at radius 2 is 1.76 bits per heavy atom. The highest BCUT2D eigenvalue weighted by molar-refractivity contribution is 8.18. The Morgan fingerprint density at radius 3 is 2.46 bits per heavy atom. The largest absolute Gasteiger partial charge is 0.489 e. The number of hydrogen-bond donors (Lipinski definition) is 1. The topological polar surface area (TPSA) is 102 Å². The third kappa shape index (κ3) is 6.58. The molecule has 0 saturated carbocycles. The minimum absolute atomic E-state index is 0.0764. The second kappa shape index (κ2) is 11.8. The highest BCUT2D eigenvalue weighted by Gasteiger charge is 2.36. The van der Waals surface area contributed by atoms with E-state index in [1.807, 2.05) is 30.3 Å². The third-order valence-corrected chi connectivity index (χ3v) is 6.49. The second-order valence-corrected chi connectivity index (χ2v) is 9.25. The Hall–Kier alpha value is -4.08.